The zero-order chi connectivity index (χ0) is 14.4. The Morgan fingerprint density at radius 1 is 1.25 bits per heavy atom. The van der Waals surface area contributed by atoms with Gasteiger partial charge < -0.3 is 24.6 Å². The molecule has 7 nitrogen and oxygen atoms in total. The van der Waals surface area contributed by atoms with E-state index in [2.05, 4.69) is 15.3 Å². The van der Waals surface area contributed by atoms with Crippen molar-refractivity contribution in [2.45, 2.75) is 25.0 Å². The molecule has 0 radical (unpaired) electrons. The first kappa shape index (κ1) is 15.0. The van der Waals surface area contributed by atoms with Crippen LogP contribution in [-0.2, 0) is 11.3 Å². The fourth-order valence-electron chi connectivity index (χ4n) is 2.23. The fourth-order valence-corrected chi connectivity index (χ4v) is 2.23. The average molecular weight is 283 g/mol. The normalized spacial score (nSPS) is 17.8. The number of aromatic nitrogens is 2. The van der Waals surface area contributed by atoms with Gasteiger partial charge in [0.15, 0.2) is 0 Å². The standard InChI is InChI=1S/C13H21N3O4/c1-18-11-10(12(19-2)16-9-15-11)7-14-8-13(17)3-5-20-6-4-13/h9,14,17H,3-8H2,1-2H3. The van der Waals surface area contributed by atoms with Crippen LogP contribution in [-0.4, -0.2) is 54.7 Å². The van der Waals surface area contributed by atoms with E-state index in [1.165, 1.54) is 6.33 Å². The van der Waals surface area contributed by atoms with E-state index >= 15 is 0 Å². The van der Waals surface area contributed by atoms with E-state index in [4.69, 9.17) is 14.2 Å². The summed E-state index contributed by atoms with van der Waals surface area (Å²) in [5.74, 6) is 0.951. The van der Waals surface area contributed by atoms with E-state index in [-0.39, 0.29) is 0 Å². The van der Waals surface area contributed by atoms with Crippen LogP contribution in [0.15, 0.2) is 6.33 Å². The van der Waals surface area contributed by atoms with E-state index in [1.807, 2.05) is 0 Å². The lowest BCUT2D eigenvalue weighted by Gasteiger charge is -2.32. The summed E-state index contributed by atoms with van der Waals surface area (Å²) in [4.78, 5) is 8.11. The molecule has 1 aliphatic heterocycles. The van der Waals surface area contributed by atoms with Crippen LogP contribution in [0.5, 0.6) is 11.8 Å². The van der Waals surface area contributed by atoms with Crippen LogP contribution in [0.3, 0.4) is 0 Å². The molecule has 7 heteroatoms. The Labute approximate surface area is 118 Å². The largest absolute Gasteiger partial charge is 0.481 e. The smallest absolute Gasteiger partial charge is 0.224 e. The minimum atomic E-state index is -0.714. The fraction of sp³-hybridized carbons (Fsp3) is 0.692. The maximum Gasteiger partial charge on any atom is 0.224 e. The highest BCUT2D eigenvalue weighted by molar-refractivity contribution is 5.34. The monoisotopic (exact) mass is 283 g/mol. The molecule has 1 aliphatic rings. The lowest BCUT2D eigenvalue weighted by molar-refractivity contribution is -0.0617. The molecule has 2 heterocycles. The van der Waals surface area contributed by atoms with E-state index in [0.717, 1.165) is 5.56 Å². The number of nitrogens with one attached hydrogen (secondary N) is 1. The lowest BCUT2D eigenvalue weighted by atomic mass is 9.94. The summed E-state index contributed by atoms with van der Waals surface area (Å²) in [7, 11) is 3.11. The molecule has 0 aliphatic carbocycles. The van der Waals surface area contributed by atoms with Crippen LogP contribution in [0, 0.1) is 0 Å². The average Bonchev–Trinajstić information content (AvgIpc) is 2.48. The molecule has 0 spiro atoms. The molecule has 1 aromatic rings. The third kappa shape index (κ3) is 3.56. The van der Waals surface area contributed by atoms with Crippen LogP contribution in [0.25, 0.3) is 0 Å². The molecule has 0 saturated carbocycles. The number of nitrogens with zero attached hydrogens (tertiary/aromatic N) is 2. The third-order valence-corrected chi connectivity index (χ3v) is 3.43. The molecule has 2 rings (SSSR count). The summed E-state index contributed by atoms with van der Waals surface area (Å²) < 4.78 is 15.7. The number of hydrogen-bond donors (Lipinski definition) is 2. The van der Waals surface area contributed by atoms with Crippen LogP contribution in [0.2, 0.25) is 0 Å². The number of methoxy groups -OCH3 is 2. The highest BCUT2D eigenvalue weighted by Crippen LogP contribution is 2.24. The Kier molecular flexibility index (Phi) is 5.11. The van der Waals surface area contributed by atoms with E-state index in [1.54, 1.807) is 14.2 Å². The maximum absolute atomic E-state index is 10.4. The van der Waals surface area contributed by atoms with Crippen molar-refractivity contribution in [3.05, 3.63) is 11.9 Å². The van der Waals surface area contributed by atoms with Gasteiger partial charge in [0.25, 0.3) is 0 Å². The van der Waals surface area contributed by atoms with Gasteiger partial charge in [-0.1, -0.05) is 0 Å². The van der Waals surface area contributed by atoms with Gasteiger partial charge >= 0.3 is 0 Å². The van der Waals surface area contributed by atoms with Gasteiger partial charge in [-0.2, -0.15) is 0 Å². The summed E-state index contributed by atoms with van der Waals surface area (Å²) in [6, 6.07) is 0. The van der Waals surface area contributed by atoms with Crippen LogP contribution >= 0.6 is 0 Å². The summed E-state index contributed by atoms with van der Waals surface area (Å²) in [6.45, 7) is 2.15. The van der Waals surface area contributed by atoms with E-state index < -0.39 is 5.60 Å². The topological polar surface area (TPSA) is 85.7 Å². The van der Waals surface area contributed by atoms with Crippen molar-refractivity contribution in [3.8, 4) is 11.8 Å². The summed E-state index contributed by atoms with van der Waals surface area (Å²) >= 11 is 0. The van der Waals surface area contributed by atoms with E-state index in [9.17, 15) is 5.11 Å². The molecular weight excluding hydrogens is 262 g/mol. The quantitative estimate of drug-likeness (QED) is 0.767. The van der Waals surface area contributed by atoms with Gasteiger partial charge in [0.05, 0.1) is 25.4 Å². The number of hydrogen-bond acceptors (Lipinski definition) is 7. The highest BCUT2D eigenvalue weighted by atomic mass is 16.5. The Morgan fingerprint density at radius 2 is 1.85 bits per heavy atom. The SMILES string of the molecule is COc1ncnc(OC)c1CNCC1(O)CCOCC1. The summed E-state index contributed by atoms with van der Waals surface area (Å²) in [6.07, 6.45) is 2.67. The summed E-state index contributed by atoms with van der Waals surface area (Å²) in [5, 5.41) is 13.6. The van der Waals surface area contributed by atoms with Crippen molar-refractivity contribution >= 4 is 0 Å². The second kappa shape index (κ2) is 6.83. The number of ether oxygens (including phenoxy) is 3. The summed E-state index contributed by atoms with van der Waals surface area (Å²) in [5.41, 5.74) is 0.0297. The molecule has 0 aromatic carbocycles. The van der Waals surface area contributed by atoms with Crippen molar-refractivity contribution in [3.63, 3.8) is 0 Å². The Bertz CT molecular complexity index is 413. The van der Waals surface area contributed by atoms with Crippen LogP contribution in [0.1, 0.15) is 18.4 Å². The first-order chi connectivity index (χ1) is 9.68. The predicted octanol–water partition coefficient (Wildman–Crippen LogP) is 0.125. The minimum absolute atomic E-state index is 0.469. The van der Waals surface area contributed by atoms with Gasteiger partial charge in [-0.05, 0) is 0 Å². The third-order valence-electron chi connectivity index (χ3n) is 3.43. The molecule has 20 heavy (non-hydrogen) atoms. The molecule has 0 atom stereocenters. The first-order valence-corrected chi connectivity index (χ1v) is 6.61. The van der Waals surface area contributed by atoms with Crippen molar-refractivity contribution in [2.75, 3.05) is 34.0 Å². The van der Waals surface area contributed by atoms with E-state index in [0.29, 0.717) is 50.9 Å². The van der Waals surface area contributed by atoms with Crippen LogP contribution < -0.4 is 14.8 Å². The van der Waals surface area contributed by atoms with Gasteiger partial charge in [0.2, 0.25) is 11.8 Å². The Hall–Kier alpha value is -1.44. The molecule has 0 bridgehead atoms. The zero-order valence-electron chi connectivity index (χ0n) is 11.9. The molecule has 1 saturated heterocycles. The zero-order valence-corrected chi connectivity index (χ0v) is 11.9. The lowest BCUT2D eigenvalue weighted by Crippen LogP contribution is -2.44. The Balaban J connectivity index is 1.96. The number of aliphatic hydroxyl groups is 1. The van der Waals surface area contributed by atoms with Crippen molar-refractivity contribution in [1.82, 2.24) is 15.3 Å². The molecule has 0 unspecified atom stereocenters. The molecule has 1 fully saturated rings. The predicted molar refractivity (Wildman–Crippen MR) is 71.8 cm³/mol. The van der Waals surface area contributed by atoms with Crippen molar-refractivity contribution < 1.29 is 19.3 Å². The molecule has 112 valence electrons. The van der Waals surface area contributed by atoms with Gasteiger partial charge in [0, 0.05) is 39.1 Å². The van der Waals surface area contributed by atoms with Gasteiger partial charge in [-0.25, -0.2) is 9.97 Å². The molecule has 2 N–H and O–H groups in total. The van der Waals surface area contributed by atoms with Gasteiger partial charge in [-0.15, -0.1) is 0 Å². The van der Waals surface area contributed by atoms with Crippen molar-refractivity contribution in [1.29, 1.82) is 0 Å². The van der Waals surface area contributed by atoms with Crippen molar-refractivity contribution in [2.24, 2.45) is 0 Å². The van der Waals surface area contributed by atoms with Gasteiger partial charge in [0.1, 0.15) is 6.33 Å². The van der Waals surface area contributed by atoms with Gasteiger partial charge in [-0.3, -0.25) is 0 Å². The molecule has 0 amide bonds. The second-order valence-corrected chi connectivity index (χ2v) is 4.81. The second-order valence-electron chi connectivity index (χ2n) is 4.81. The highest BCUT2D eigenvalue weighted by Gasteiger charge is 2.29. The molecule has 1 aromatic heterocycles. The van der Waals surface area contributed by atoms with Crippen LogP contribution in [0.4, 0.5) is 0 Å². The minimum Gasteiger partial charge on any atom is -0.481 e. The first-order valence-electron chi connectivity index (χ1n) is 6.61. The Morgan fingerprint density at radius 3 is 2.40 bits per heavy atom. The maximum atomic E-state index is 10.4. The number of rotatable bonds is 6. The molecular formula is C13H21N3O4.